The molecule has 4 heteroatoms. The topological polar surface area (TPSA) is 41.0 Å². The van der Waals surface area contributed by atoms with Crippen molar-refractivity contribution in [1.29, 1.82) is 0 Å². The summed E-state index contributed by atoms with van der Waals surface area (Å²) < 4.78 is 0. The van der Waals surface area contributed by atoms with Crippen LogP contribution in [0.1, 0.15) is 36.7 Å². The van der Waals surface area contributed by atoms with Crippen molar-refractivity contribution in [3.8, 4) is 0 Å². The van der Waals surface area contributed by atoms with Crippen LogP contribution in [0, 0.1) is 26.7 Å². The van der Waals surface area contributed by atoms with Crippen LogP contribution < -0.4 is 10.2 Å². The van der Waals surface area contributed by atoms with Gasteiger partial charge in [-0.2, -0.15) is 0 Å². The third-order valence-corrected chi connectivity index (χ3v) is 4.45. The lowest BCUT2D eigenvalue weighted by atomic mass is 10.0. The highest BCUT2D eigenvalue weighted by molar-refractivity contribution is 5.63. The molecule has 4 nitrogen and oxygen atoms in total. The molecule has 1 N–H and O–H groups in total. The van der Waals surface area contributed by atoms with E-state index >= 15 is 0 Å². The van der Waals surface area contributed by atoms with Crippen LogP contribution in [0.3, 0.4) is 0 Å². The number of piperidine rings is 1. The minimum absolute atomic E-state index is 0.731. The van der Waals surface area contributed by atoms with Crippen molar-refractivity contribution in [1.82, 2.24) is 9.97 Å². The van der Waals surface area contributed by atoms with E-state index in [9.17, 15) is 0 Å². The second kappa shape index (κ2) is 6.57. The van der Waals surface area contributed by atoms with E-state index in [0.717, 1.165) is 42.2 Å². The van der Waals surface area contributed by atoms with Crippen LogP contribution in [0.25, 0.3) is 0 Å². The summed E-state index contributed by atoms with van der Waals surface area (Å²) in [5.41, 5.74) is 3.61. The molecule has 0 spiro atoms. The second-order valence-electron chi connectivity index (χ2n) is 6.80. The molecule has 1 fully saturated rings. The van der Waals surface area contributed by atoms with Crippen molar-refractivity contribution < 1.29 is 0 Å². The quantitative estimate of drug-likeness (QED) is 0.913. The predicted molar refractivity (Wildman–Crippen MR) is 96.6 cm³/mol. The van der Waals surface area contributed by atoms with E-state index in [1.165, 1.54) is 24.0 Å². The summed E-state index contributed by atoms with van der Waals surface area (Å²) in [7, 11) is 0. The molecule has 0 bridgehead atoms. The highest BCUT2D eigenvalue weighted by Crippen LogP contribution is 2.25. The van der Waals surface area contributed by atoms with Gasteiger partial charge in [-0.25, -0.2) is 9.97 Å². The van der Waals surface area contributed by atoms with Gasteiger partial charge in [0.25, 0.3) is 0 Å². The zero-order chi connectivity index (χ0) is 16.4. The average Bonchev–Trinajstić information content (AvgIpc) is 2.50. The minimum atomic E-state index is 0.731. The molecular formula is C19H26N4. The van der Waals surface area contributed by atoms with Crippen LogP contribution in [0.4, 0.5) is 17.3 Å². The number of aromatic nitrogens is 2. The van der Waals surface area contributed by atoms with Crippen LogP contribution >= 0.6 is 0 Å². The normalized spacial score (nSPS) is 18.1. The molecule has 3 rings (SSSR count). The van der Waals surface area contributed by atoms with Crippen molar-refractivity contribution in [2.75, 3.05) is 23.3 Å². The molecule has 23 heavy (non-hydrogen) atoms. The van der Waals surface area contributed by atoms with Crippen molar-refractivity contribution >= 4 is 17.3 Å². The van der Waals surface area contributed by atoms with Gasteiger partial charge in [0.15, 0.2) is 0 Å². The van der Waals surface area contributed by atoms with E-state index in [2.05, 4.69) is 65.2 Å². The average molecular weight is 310 g/mol. The summed E-state index contributed by atoms with van der Waals surface area (Å²) in [4.78, 5) is 11.6. The van der Waals surface area contributed by atoms with Gasteiger partial charge in [0.2, 0.25) is 0 Å². The third-order valence-electron chi connectivity index (χ3n) is 4.45. The zero-order valence-corrected chi connectivity index (χ0v) is 14.6. The molecule has 2 heterocycles. The lowest BCUT2D eigenvalue weighted by Crippen LogP contribution is -2.35. The van der Waals surface area contributed by atoms with Gasteiger partial charge < -0.3 is 10.2 Å². The van der Waals surface area contributed by atoms with Crippen molar-refractivity contribution in [3.05, 3.63) is 41.2 Å². The van der Waals surface area contributed by atoms with Crippen LogP contribution in [0.5, 0.6) is 0 Å². The molecule has 122 valence electrons. The molecule has 1 aliphatic rings. The van der Waals surface area contributed by atoms with Gasteiger partial charge in [-0.15, -0.1) is 0 Å². The number of hydrogen-bond donors (Lipinski definition) is 1. The fourth-order valence-electron chi connectivity index (χ4n) is 3.27. The number of nitrogens with zero attached hydrogens (tertiary/aromatic N) is 3. The summed E-state index contributed by atoms with van der Waals surface area (Å²) in [6, 6.07) is 8.50. The number of anilines is 3. The first-order chi connectivity index (χ1) is 11.0. The van der Waals surface area contributed by atoms with Crippen molar-refractivity contribution in [3.63, 3.8) is 0 Å². The monoisotopic (exact) mass is 310 g/mol. The van der Waals surface area contributed by atoms with Crippen LogP contribution in [0.15, 0.2) is 24.3 Å². The highest BCUT2D eigenvalue weighted by Gasteiger charge is 2.18. The molecule has 1 atom stereocenters. The van der Waals surface area contributed by atoms with E-state index < -0.39 is 0 Å². The Hall–Kier alpha value is -2.10. The molecule has 2 aromatic rings. The summed E-state index contributed by atoms with van der Waals surface area (Å²) in [6.45, 7) is 10.7. The first-order valence-electron chi connectivity index (χ1n) is 8.46. The maximum Gasteiger partial charge on any atom is 0.136 e. The largest absolute Gasteiger partial charge is 0.356 e. The Labute approximate surface area is 139 Å². The summed E-state index contributed by atoms with van der Waals surface area (Å²) >= 11 is 0. The van der Waals surface area contributed by atoms with Gasteiger partial charge in [0.05, 0.1) is 0 Å². The van der Waals surface area contributed by atoms with Gasteiger partial charge in [-0.3, -0.25) is 0 Å². The maximum atomic E-state index is 4.64. The molecule has 0 radical (unpaired) electrons. The lowest BCUT2D eigenvalue weighted by Gasteiger charge is -2.32. The predicted octanol–water partition coefficient (Wildman–Crippen LogP) is 4.38. The van der Waals surface area contributed by atoms with Gasteiger partial charge in [0.1, 0.15) is 17.5 Å². The Balaban J connectivity index is 1.85. The lowest BCUT2D eigenvalue weighted by molar-refractivity contribution is 0.444. The van der Waals surface area contributed by atoms with E-state index in [1.807, 2.05) is 6.92 Å². The smallest absolute Gasteiger partial charge is 0.136 e. The van der Waals surface area contributed by atoms with Gasteiger partial charge in [-0.05, 0) is 51.2 Å². The van der Waals surface area contributed by atoms with Gasteiger partial charge >= 0.3 is 0 Å². The number of hydrogen-bond acceptors (Lipinski definition) is 4. The first kappa shape index (κ1) is 15.8. The second-order valence-corrected chi connectivity index (χ2v) is 6.80. The number of nitrogens with one attached hydrogen (secondary N) is 1. The Morgan fingerprint density at radius 3 is 2.70 bits per heavy atom. The van der Waals surface area contributed by atoms with E-state index in [4.69, 9.17) is 0 Å². The molecule has 0 aliphatic carbocycles. The molecule has 1 unspecified atom stereocenters. The maximum absolute atomic E-state index is 4.64. The number of rotatable bonds is 3. The van der Waals surface area contributed by atoms with Gasteiger partial charge in [0, 0.05) is 24.8 Å². The van der Waals surface area contributed by atoms with E-state index in [-0.39, 0.29) is 0 Å². The molecule has 1 aliphatic heterocycles. The van der Waals surface area contributed by atoms with Gasteiger partial charge in [-0.1, -0.05) is 24.6 Å². The fraction of sp³-hybridized carbons (Fsp3) is 0.474. The molecule has 0 saturated carbocycles. The first-order valence-corrected chi connectivity index (χ1v) is 8.46. The molecule has 1 saturated heterocycles. The SMILES string of the molecule is Cc1ccc(Nc2cc(N3CCCC(C)C3)nc(C)n2)c(C)c1. The Kier molecular flexibility index (Phi) is 4.51. The molecular weight excluding hydrogens is 284 g/mol. The number of aryl methyl sites for hydroxylation is 3. The van der Waals surface area contributed by atoms with Crippen LogP contribution in [0.2, 0.25) is 0 Å². The fourth-order valence-corrected chi connectivity index (χ4v) is 3.27. The zero-order valence-electron chi connectivity index (χ0n) is 14.6. The Morgan fingerprint density at radius 2 is 1.96 bits per heavy atom. The van der Waals surface area contributed by atoms with Crippen LogP contribution in [-0.2, 0) is 0 Å². The molecule has 1 aromatic carbocycles. The molecule has 1 aromatic heterocycles. The van der Waals surface area contributed by atoms with Crippen molar-refractivity contribution in [2.24, 2.45) is 5.92 Å². The third kappa shape index (κ3) is 3.81. The summed E-state index contributed by atoms with van der Waals surface area (Å²) in [6.07, 6.45) is 2.55. The Morgan fingerprint density at radius 1 is 1.13 bits per heavy atom. The highest BCUT2D eigenvalue weighted by atomic mass is 15.2. The number of benzene rings is 1. The summed E-state index contributed by atoms with van der Waals surface area (Å²) in [5.74, 6) is 3.46. The standard InChI is InChI=1S/C19H26N4/c1-13-7-8-17(15(3)10-13)22-18-11-19(21-16(4)20-18)23-9-5-6-14(2)12-23/h7-8,10-11,14H,5-6,9,12H2,1-4H3,(H,20,21,22). The van der Waals surface area contributed by atoms with E-state index in [1.54, 1.807) is 0 Å². The minimum Gasteiger partial charge on any atom is -0.356 e. The Bertz CT molecular complexity index is 696. The summed E-state index contributed by atoms with van der Waals surface area (Å²) in [5, 5.41) is 3.45. The van der Waals surface area contributed by atoms with Crippen molar-refractivity contribution in [2.45, 2.75) is 40.5 Å². The molecule has 0 amide bonds. The van der Waals surface area contributed by atoms with Crippen LogP contribution in [-0.4, -0.2) is 23.1 Å². The van der Waals surface area contributed by atoms with E-state index in [0.29, 0.717) is 0 Å².